The Morgan fingerprint density at radius 3 is 2.50 bits per heavy atom. The Bertz CT molecular complexity index is 361. The van der Waals surface area contributed by atoms with Crippen molar-refractivity contribution in [2.75, 3.05) is 6.61 Å². The van der Waals surface area contributed by atoms with E-state index in [1.54, 1.807) is 13.0 Å². The van der Waals surface area contributed by atoms with Crippen molar-refractivity contribution in [2.45, 2.75) is 20.8 Å². The van der Waals surface area contributed by atoms with E-state index in [0.717, 1.165) is 5.56 Å². The molecular formula is C10H13NO3. The average Bonchev–Trinajstić information content (AvgIpc) is 2.09. The number of rotatable bonds is 3. The lowest BCUT2D eigenvalue weighted by Gasteiger charge is -2.07. The summed E-state index contributed by atoms with van der Waals surface area (Å²) in [6, 6.07) is 3.25. The lowest BCUT2D eigenvalue weighted by atomic mass is 10.1. The number of hydrogen-bond acceptors (Lipinski definition) is 3. The molecule has 0 aliphatic heterocycles. The molecule has 0 radical (unpaired) electrons. The quantitative estimate of drug-likeness (QED) is 0.550. The van der Waals surface area contributed by atoms with Gasteiger partial charge in [-0.2, -0.15) is 0 Å². The summed E-state index contributed by atoms with van der Waals surface area (Å²) in [6.07, 6.45) is 0. The molecule has 14 heavy (non-hydrogen) atoms. The summed E-state index contributed by atoms with van der Waals surface area (Å²) in [5, 5.41) is 10.6. The molecule has 1 aromatic carbocycles. The van der Waals surface area contributed by atoms with Gasteiger partial charge in [0.15, 0.2) is 0 Å². The second kappa shape index (κ2) is 4.09. The van der Waals surface area contributed by atoms with Crippen molar-refractivity contribution in [1.29, 1.82) is 0 Å². The highest BCUT2D eigenvalue weighted by atomic mass is 16.6. The lowest BCUT2D eigenvalue weighted by Crippen LogP contribution is -1.98. The zero-order valence-corrected chi connectivity index (χ0v) is 8.53. The molecule has 0 atom stereocenters. The van der Waals surface area contributed by atoms with Crippen molar-refractivity contribution in [3.05, 3.63) is 33.4 Å². The van der Waals surface area contributed by atoms with Gasteiger partial charge in [-0.1, -0.05) is 0 Å². The maximum Gasteiger partial charge on any atom is 0.276 e. The van der Waals surface area contributed by atoms with Crippen molar-refractivity contribution < 1.29 is 9.66 Å². The van der Waals surface area contributed by atoms with Crippen molar-refractivity contribution in [3.63, 3.8) is 0 Å². The maximum absolute atomic E-state index is 10.6. The van der Waals surface area contributed by atoms with Crippen LogP contribution in [0.3, 0.4) is 0 Å². The number of nitro benzene ring substituents is 1. The predicted molar refractivity (Wildman–Crippen MR) is 53.7 cm³/mol. The first-order valence-electron chi connectivity index (χ1n) is 4.44. The summed E-state index contributed by atoms with van der Waals surface area (Å²) in [6.45, 7) is 5.97. The van der Waals surface area contributed by atoms with Gasteiger partial charge in [-0.3, -0.25) is 10.1 Å². The molecule has 0 saturated heterocycles. The third-order valence-electron chi connectivity index (χ3n) is 1.99. The number of nitro groups is 1. The van der Waals surface area contributed by atoms with Crippen LogP contribution in [-0.4, -0.2) is 11.5 Å². The highest BCUT2D eigenvalue weighted by Gasteiger charge is 2.13. The second-order valence-corrected chi connectivity index (χ2v) is 3.09. The van der Waals surface area contributed by atoms with E-state index in [1.807, 2.05) is 13.8 Å². The number of benzene rings is 1. The average molecular weight is 195 g/mol. The van der Waals surface area contributed by atoms with E-state index in [0.29, 0.717) is 17.9 Å². The molecule has 0 N–H and O–H groups in total. The summed E-state index contributed by atoms with van der Waals surface area (Å²) in [5.74, 6) is 0.588. The van der Waals surface area contributed by atoms with Gasteiger partial charge in [-0.15, -0.1) is 0 Å². The van der Waals surface area contributed by atoms with Gasteiger partial charge < -0.3 is 4.74 Å². The van der Waals surface area contributed by atoms with Crippen LogP contribution in [0.5, 0.6) is 5.75 Å². The molecule has 76 valence electrons. The van der Waals surface area contributed by atoms with Gasteiger partial charge in [0.05, 0.1) is 17.6 Å². The van der Waals surface area contributed by atoms with Crippen molar-refractivity contribution >= 4 is 5.69 Å². The van der Waals surface area contributed by atoms with E-state index in [2.05, 4.69) is 0 Å². The number of hydrogen-bond donors (Lipinski definition) is 0. The van der Waals surface area contributed by atoms with Gasteiger partial charge in [0, 0.05) is 5.56 Å². The van der Waals surface area contributed by atoms with Gasteiger partial charge in [-0.25, -0.2) is 0 Å². The summed E-state index contributed by atoms with van der Waals surface area (Å²) >= 11 is 0. The molecule has 0 aliphatic carbocycles. The molecule has 0 aromatic heterocycles. The van der Waals surface area contributed by atoms with Crippen LogP contribution in [0, 0.1) is 24.0 Å². The summed E-state index contributed by atoms with van der Waals surface area (Å²) in [4.78, 5) is 10.2. The highest BCUT2D eigenvalue weighted by molar-refractivity contribution is 5.49. The Morgan fingerprint density at radius 1 is 1.36 bits per heavy atom. The SMILES string of the molecule is CCOc1cc([N+](=O)[O-])c(C)cc1C. The summed E-state index contributed by atoms with van der Waals surface area (Å²) in [7, 11) is 0. The monoisotopic (exact) mass is 195 g/mol. The number of nitrogens with zero attached hydrogens (tertiary/aromatic N) is 1. The molecule has 4 nitrogen and oxygen atoms in total. The van der Waals surface area contributed by atoms with Crippen molar-refractivity contribution in [2.24, 2.45) is 0 Å². The van der Waals surface area contributed by atoms with Crippen LogP contribution >= 0.6 is 0 Å². The molecule has 0 saturated carbocycles. The minimum Gasteiger partial charge on any atom is -0.493 e. The lowest BCUT2D eigenvalue weighted by molar-refractivity contribution is -0.385. The van der Waals surface area contributed by atoms with Crippen LogP contribution in [0.15, 0.2) is 12.1 Å². The standard InChI is InChI=1S/C10H13NO3/c1-4-14-10-6-9(11(12)13)7(2)5-8(10)3/h5-6H,4H2,1-3H3. The Kier molecular flexibility index (Phi) is 3.06. The minimum atomic E-state index is -0.392. The topological polar surface area (TPSA) is 52.4 Å². The maximum atomic E-state index is 10.6. The molecule has 0 unspecified atom stereocenters. The number of aryl methyl sites for hydroxylation is 2. The molecule has 0 spiro atoms. The third kappa shape index (κ3) is 2.02. The summed E-state index contributed by atoms with van der Waals surface area (Å²) < 4.78 is 5.28. The Labute approximate surface area is 82.7 Å². The van der Waals surface area contributed by atoms with Gasteiger partial charge in [0.25, 0.3) is 5.69 Å². The first-order valence-corrected chi connectivity index (χ1v) is 4.44. The van der Waals surface area contributed by atoms with E-state index in [1.165, 1.54) is 6.07 Å². The van der Waals surface area contributed by atoms with Crippen molar-refractivity contribution in [3.8, 4) is 5.75 Å². The van der Waals surface area contributed by atoms with Crippen LogP contribution in [0.1, 0.15) is 18.1 Å². The minimum absolute atomic E-state index is 0.110. The fraction of sp³-hybridized carbons (Fsp3) is 0.400. The van der Waals surface area contributed by atoms with Crippen LogP contribution in [0.4, 0.5) is 5.69 Å². The molecule has 0 heterocycles. The van der Waals surface area contributed by atoms with E-state index in [9.17, 15) is 10.1 Å². The van der Waals surface area contributed by atoms with Crippen LogP contribution < -0.4 is 4.74 Å². The third-order valence-corrected chi connectivity index (χ3v) is 1.99. The normalized spacial score (nSPS) is 9.93. The molecule has 0 amide bonds. The largest absolute Gasteiger partial charge is 0.493 e. The molecule has 0 bridgehead atoms. The fourth-order valence-corrected chi connectivity index (χ4v) is 1.33. The van der Waals surface area contributed by atoms with E-state index < -0.39 is 4.92 Å². The van der Waals surface area contributed by atoms with Gasteiger partial charge in [0.1, 0.15) is 5.75 Å². The summed E-state index contributed by atoms with van der Waals surface area (Å²) in [5.41, 5.74) is 1.70. The number of ether oxygens (including phenoxy) is 1. The second-order valence-electron chi connectivity index (χ2n) is 3.09. The van der Waals surface area contributed by atoms with Gasteiger partial charge in [0.2, 0.25) is 0 Å². The van der Waals surface area contributed by atoms with Crippen LogP contribution in [0.25, 0.3) is 0 Å². The van der Waals surface area contributed by atoms with Crippen LogP contribution in [0.2, 0.25) is 0 Å². The first kappa shape index (κ1) is 10.5. The fourth-order valence-electron chi connectivity index (χ4n) is 1.33. The van der Waals surface area contributed by atoms with Gasteiger partial charge in [-0.05, 0) is 32.4 Å². The molecular weight excluding hydrogens is 182 g/mol. The van der Waals surface area contributed by atoms with Crippen LogP contribution in [-0.2, 0) is 0 Å². The smallest absolute Gasteiger partial charge is 0.276 e. The van der Waals surface area contributed by atoms with E-state index in [-0.39, 0.29) is 5.69 Å². The predicted octanol–water partition coefficient (Wildman–Crippen LogP) is 2.61. The molecule has 4 heteroatoms. The Balaban J connectivity index is 3.20. The molecule has 0 fully saturated rings. The van der Waals surface area contributed by atoms with E-state index >= 15 is 0 Å². The van der Waals surface area contributed by atoms with Gasteiger partial charge >= 0.3 is 0 Å². The zero-order chi connectivity index (χ0) is 10.7. The molecule has 0 aliphatic rings. The molecule has 1 aromatic rings. The van der Waals surface area contributed by atoms with E-state index in [4.69, 9.17) is 4.74 Å². The van der Waals surface area contributed by atoms with Crippen molar-refractivity contribution in [1.82, 2.24) is 0 Å². The first-order chi connectivity index (χ1) is 6.56. The Hall–Kier alpha value is -1.58. The Morgan fingerprint density at radius 2 is 2.00 bits per heavy atom. The zero-order valence-electron chi connectivity index (χ0n) is 8.53. The highest BCUT2D eigenvalue weighted by Crippen LogP contribution is 2.27. The molecule has 1 rings (SSSR count).